The normalized spacial score (nSPS) is 8.90. The molecule has 1 rings (SSSR count). The highest BCUT2D eigenvalue weighted by Gasteiger charge is 2.02. The van der Waals surface area contributed by atoms with E-state index < -0.39 is 0 Å². The van der Waals surface area contributed by atoms with Gasteiger partial charge in [-0.3, -0.25) is 0 Å². The number of thioether (sulfide) groups is 1. The van der Waals surface area contributed by atoms with Crippen molar-refractivity contribution < 1.29 is 0 Å². The number of nitrogens with one attached hydrogen (secondary N) is 2. The van der Waals surface area contributed by atoms with Crippen LogP contribution < -0.4 is 4.91 Å². The molecule has 1 heterocycles. The molecule has 0 bridgehead atoms. The molecule has 0 fully saturated rings. The molecule has 0 unspecified atom stereocenters. The Bertz CT molecular complexity index is 260. The first kappa shape index (κ1) is 6.91. The highest BCUT2D eigenvalue weighted by molar-refractivity contribution is 7.98. The monoisotopic (exact) mass is 157 g/mol. The first-order valence-electron chi connectivity index (χ1n) is 2.40. The predicted molar refractivity (Wildman–Crippen MR) is 35.1 cm³/mol. The van der Waals surface area contributed by atoms with Gasteiger partial charge in [-0.1, -0.05) is 11.8 Å². The maximum atomic E-state index is 6.37. The topological polar surface area (TPSA) is 91.9 Å². The van der Waals surface area contributed by atoms with E-state index in [0.717, 1.165) is 0 Å². The number of aromatic nitrogens is 3. The quantitative estimate of drug-likeness (QED) is 0.376. The van der Waals surface area contributed by atoms with Gasteiger partial charge < -0.3 is 0 Å². The smallest absolute Gasteiger partial charge is 0.237 e. The van der Waals surface area contributed by atoms with Crippen LogP contribution in [0.3, 0.4) is 0 Å². The van der Waals surface area contributed by atoms with E-state index in [0.29, 0.717) is 5.16 Å². The standard InChI is InChI=1S/C3H4N6S/c1-10-3-5-2(6-8-3)7-9-4/h4H,1H3/p+1. The summed E-state index contributed by atoms with van der Waals surface area (Å²) in [7, 11) is 0. The molecule has 0 spiro atoms. The third kappa shape index (κ3) is 1.40. The van der Waals surface area contributed by atoms with Gasteiger partial charge in [0.2, 0.25) is 10.1 Å². The lowest BCUT2D eigenvalue weighted by atomic mass is 11.1. The van der Waals surface area contributed by atoms with E-state index in [4.69, 9.17) is 5.53 Å². The summed E-state index contributed by atoms with van der Waals surface area (Å²) < 4.78 is 0. The molecule has 0 amide bonds. The summed E-state index contributed by atoms with van der Waals surface area (Å²) in [5.74, 6) is 0.263. The van der Waals surface area contributed by atoms with E-state index in [9.17, 15) is 0 Å². The van der Waals surface area contributed by atoms with E-state index >= 15 is 0 Å². The summed E-state index contributed by atoms with van der Waals surface area (Å²) in [5.41, 5.74) is 6.37. The van der Waals surface area contributed by atoms with Gasteiger partial charge in [-0.25, -0.2) is 5.10 Å². The Kier molecular flexibility index (Phi) is 2.14. The van der Waals surface area contributed by atoms with Crippen LogP contribution in [0.2, 0.25) is 0 Å². The second-order valence-electron chi connectivity index (χ2n) is 1.35. The number of hydrogen-bond donors (Lipinski definition) is 2. The van der Waals surface area contributed by atoms with Crippen molar-refractivity contribution in [2.24, 2.45) is 5.11 Å². The Labute approximate surface area is 60.7 Å². The average molecular weight is 157 g/mol. The van der Waals surface area contributed by atoms with Crippen LogP contribution >= 0.6 is 11.8 Å². The average Bonchev–Trinajstić information content (AvgIpc) is 2.37. The molecular weight excluding hydrogens is 152 g/mol. The molecule has 0 atom stereocenters. The number of aromatic amines is 1. The van der Waals surface area contributed by atoms with Crippen LogP contribution in [0.15, 0.2) is 10.3 Å². The van der Waals surface area contributed by atoms with Gasteiger partial charge >= 0.3 is 5.95 Å². The van der Waals surface area contributed by atoms with Crippen LogP contribution in [0.1, 0.15) is 0 Å². The Morgan fingerprint density at radius 1 is 1.80 bits per heavy atom. The van der Waals surface area contributed by atoms with Gasteiger partial charge in [-0.15, -0.1) is 5.10 Å². The minimum Gasteiger partial charge on any atom is -0.237 e. The Balaban J connectivity index is 2.87. The second-order valence-corrected chi connectivity index (χ2v) is 2.12. The van der Waals surface area contributed by atoms with Gasteiger partial charge in [0, 0.05) is 0 Å². The Morgan fingerprint density at radius 2 is 2.60 bits per heavy atom. The molecule has 0 saturated carbocycles. The zero-order chi connectivity index (χ0) is 7.40. The van der Waals surface area contributed by atoms with Crippen molar-refractivity contribution in [1.29, 1.82) is 5.53 Å². The molecule has 0 aromatic carbocycles. The molecule has 0 aliphatic rings. The van der Waals surface area contributed by atoms with Crippen molar-refractivity contribution in [3.63, 3.8) is 0 Å². The lowest BCUT2D eigenvalue weighted by molar-refractivity contribution is 0.946. The maximum Gasteiger partial charge on any atom is 0.333 e. The first-order valence-corrected chi connectivity index (χ1v) is 3.63. The Morgan fingerprint density at radius 3 is 3.10 bits per heavy atom. The Hall–Kier alpha value is -1.20. The minimum atomic E-state index is 0.263. The zero-order valence-electron chi connectivity index (χ0n) is 5.20. The molecule has 52 valence electrons. The van der Waals surface area contributed by atoms with Crippen LogP contribution in [-0.4, -0.2) is 21.4 Å². The highest BCUT2D eigenvalue weighted by Crippen LogP contribution is 2.10. The summed E-state index contributed by atoms with van der Waals surface area (Å²) in [6, 6.07) is 0. The van der Waals surface area contributed by atoms with E-state index in [1.165, 1.54) is 11.8 Å². The summed E-state index contributed by atoms with van der Waals surface area (Å²) in [4.78, 5) is 6.62. The summed E-state index contributed by atoms with van der Waals surface area (Å²) in [6.45, 7) is 0. The van der Waals surface area contributed by atoms with Crippen LogP contribution in [0, 0.1) is 5.53 Å². The number of hydrogen-bond acceptors (Lipinski definition) is 5. The molecule has 0 aliphatic heterocycles. The van der Waals surface area contributed by atoms with E-state index in [1.807, 2.05) is 6.26 Å². The molecule has 2 N–H and O–H groups in total. The van der Waals surface area contributed by atoms with Crippen molar-refractivity contribution in [3.8, 4) is 0 Å². The van der Waals surface area contributed by atoms with Crippen LogP contribution in [-0.2, 0) is 0 Å². The summed E-state index contributed by atoms with van der Waals surface area (Å²) in [6.07, 6.45) is 1.85. The van der Waals surface area contributed by atoms with Gasteiger partial charge in [0.15, 0.2) is 5.11 Å². The molecule has 10 heavy (non-hydrogen) atoms. The van der Waals surface area contributed by atoms with Crippen molar-refractivity contribution in [1.82, 2.24) is 20.1 Å². The summed E-state index contributed by atoms with van der Waals surface area (Å²) >= 11 is 1.40. The fourth-order valence-electron chi connectivity index (χ4n) is 0.422. The van der Waals surface area contributed by atoms with Crippen molar-refractivity contribution in [3.05, 3.63) is 0 Å². The lowest BCUT2D eigenvalue weighted by Crippen LogP contribution is -1.68. The fourth-order valence-corrected chi connectivity index (χ4v) is 0.736. The number of rotatable bonds is 2. The highest BCUT2D eigenvalue weighted by atomic mass is 32.2. The van der Waals surface area contributed by atoms with Crippen molar-refractivity contribution in [2.45, 2.75) is 5.16 Å². The van der Waals surface area contributed by atoms with E-state index in [1.54, 1.807) is 0 Å². The van der Waals surface area contributed by atoms with Crippen LogP contribution in [0.4, 0.5) is 5.95 Å². The third-order valence-electron chi connectivity index (χ3n) is 0.780. The van der Waals surface area contributed by atoms with Gasteiger partial charge in [-0.05, 0) is 6.26 Å². The third-order valence-corrected chi connectivity index (χ3v) is 1.33. The number of nitrogens with zero attached hydrogens (tertiary/aromatic N) is 4. The lowest BCUT2D eigenvalue weighted by Gasteiger charge is -1.74. The molecule has 0 saturated heterocycles. The SMILES string of the molecule is CSc1n[nH]c(N=[N+]=N)n1. The molecule has 7 heteroatoms. The van der Waals surface area contributed by atoms with Gasteiger partial charge in [0.1, 0.15) is 5.53 Å². The van der Waals surface area contributed by atoms with Crippen molar-refractivity contribution >= 4 is 17.7 Å². The first-order chi connectivity index (χ1) is 4.86. The molecule has 1 aromatic heterocycles. The molecule has 6 nitrogen and oxygen atoms in total. The minimum absolute atomic E-state index is 0.263. The number of H-pyrrole nitrogens is 1. The van der Waals surface area contributed by atoms with Gasteiger partial charge in [0.25, 0.3) is 0 Å². The molecule has 1 aromatic rings. The predicted octanol–water partition coefficient (Wildman–Crippen LogP) is 0.708. The molecule has 0 aliphatic carbocycles. The van der Waals surface area contributed by atoms with Gasteiger partial charge in [-0.2, -0.15) is 4.98 Å². The maximum absolute atomic E-state index is 6.37. The van der Waals surface area contributed by atoms with Crippen molar-refractivity contribution in [2.75, 3.05) is 6.26 Å². The fraction of sp³-hybridized carbons (Fsp3) is 0.333. The second kappa shape index (κ2) is 3.09. The summed E-state index contributed by atoms with van der Waals surface area (Å²) in [5, 5.41) is 10.2. The largest absolute Gasteiger partial charge is 0.333 e. The van der Waals surface area contributed by atoms with Crippen LogP contribution in [0.25, 0.3) is 0 Å². The van der Waals surface area contributed by atoms with Crippen LogP contribution in [0.5, 0.6) is 0 Å². The molecular formula is C3H5N6S+. The van der Waals surface area contributed by atoms with Gasteiger partial charge in [0.05, 0.1) is 0 Å². The molecule has 0 radical (unpaired) electrons. The van der Waals surface area contributed by atoms with E-state index in [2.05, 4.69) is 25.2 Å². The zero-order valence-corrected chi connectivity index (χ0v) is 6.01. The van der Waals surface area contributed by atoms with E-state index in [-0.39, 0.29) is 5.95 Å².